The summed E-state index contributed by atoms with van der Waals surface area (Å²) in [7, 11) is 1.19. The average molecular weight is 464 g/mol. The number of nitrogens with zero attached hydrogens (tertiary/aromatic N) is 1. The molecular formula is C23H33N3O7. The summed E-state index contributed by atoms with van der Waals surface area (Å²) in [5, 5.41) is 5.08. The first-order valence-electron chi connectivity index (χ1n) is 10.9. The minimum atomic E-state index is -1.12. The Hall–Kier alpha value is -3.30. The van der Waals surface area contributed by atoms with Crippen LogP contribution in [0.25, 0.3) is 0 Å². The number of likely N-dealkylation sites (tertiary alicyclic amines) is 1. The molecule has 0 spiro atoms. The van der Waals surface area contributed by atoms with Gasteiger partial charge >= 0.3 is 18.2 Å². The molecule has 1 aliphatic rings. The van der Waals surface area contributed by atoms with Gasteiger partial charge in [0.1, 0.15) is 18.2 Å². The Balaban J connectivity index is 1.86. The highest BCUT2D eigenvalue weighted by molar-refractivity contribution is 5.84. The maximum atomic E-state index is 12.7. The van der Waals surface area contributed by atoms with Gasteiger partial charge in [0.2, 0.25) is 5.91 Å². The summed E-state index contributed by atoms with van der Waals surface area (Å²) in [4.78, 5) is 50.7. The van der Waals surface area contributed by atoms with E-state index in [-0.39, 0.29) is 25.6 Å². The second-order valence-corrected chi connectivity index (χ2v) is 8.79. The van der Waals surface area contributed by atoms with Gasteiger partial charge < -0.3 is 29.7 Å². The summed E-state index contributed by atoms with van der Waals surface area (Å²) < 4.78 is 15.2. The van der Waals surface area contributed by atoms with Gasteiger partial charge in [0.25, 0.3) is 0 Å². The zero-order valence-corrected chi connectivity index (χ0v) is 19.6. The summed E-state index contributed by atoms with van der Waals surface area (Å²) in [6.45, 7) is 5.94. The van der Waals surface area contributed by atoms with E-state index in [9.17, 15) is 19.2 Å². The molecule has 1 aliphatic heterocycles. The fourth-order valence-electron chi connectivity index (χ4n) is 3.27. The van der Waals surface area contributed by atoms with Crippen LogP contribution >= 0.6 is 0 Å². The van der Waals surface area contributed by atoms with E-state index in [0.29, 0.717) is 19.4 Å². The second-order valence-electron chi connectivity index (χ2n) is 8.79. The van der Waals surface area contributed by atoms with Crippen LogP contribution in [0.1, 0.15) is 39.2 Å². The molecular weight excluding hydrogens is 430 g/mol. The van der Waals surface area contributed by atoms with Crippen molar-refractivity contribution in [1.29, 1.82) is 0 Å². The molecule has 1 saturated heterocycles. The molecule has 2 atom stereocenters. The second kappa shape index (κ2) is 12.1. The largest absolute Gasteiger partial charge is 0.467 e. The summed E-state index contributed by atoms with van der Waals surface area (Å²) in [6.07, 6.45) is -0.0184. The number of carbonyl (C=O) groups is 4. The van der Waals surface area contributed by atoms with Gasteiger partial charge in [0.05, 0.1) is 13.0 Å². The van der Waals surface area contributed by atoms with Crippen LogP contribution < -0.4 is 10.6 Å². The standard InChI is InChI=1S/C23H33N3O7/c1-23(2,3)33-22(30)26-12-8-11-17(14-26)19(27)24-13-18(20(28)31-4)25-21(29)32-15-16-9-6-5-7-10-16/h5-7,9-10,17-18H,8,11-15H2,1-4H3,(H,24,27)(H,25,29)/t17-,18?/m1/s1. The molecule has 1 aromatic rings. The third-order valence-electron chi connectivity index (χ3n) is 4.91. The number of ether oxygens (including phenoxy) is 3. The molecule has 1 heterocycles. The minimum Gasteiger partial charge on any atom is -0.467 e. The van der Waals surface area contributed by atoms with Gasteiger partial charge in [-0.3, -0.25) is 4.79 Å². The number of carbonyl (C=O) groups excluding carboxylic acids is 4. The molecule has 0 aliphatic carbocycles. The number of nitrogens with one attached hydrogen (secondary N) is 2. The van der Waals surface area contributed by atoms with Gasteiger partial charge in [0, 0.05) is 19.6 Å². The van der Waals surface area contributed by atoms with Crippen molar-refractivity contribution in [1.82, 2.24) is 15.5 Å². The Morgan fingerprint density at radius 2 is 1.85 bits per heavy atom. The SMILES string of the molecule is COC(=O)C(CNC(=O)[C@@H]1CCCN(C(=O)OC(C)(C)C)C1)NC(=O)OCc1ccccc1. The molecule has 0 aromatic heterocycles. The first-order chi connectivity index (χ1) is 15.6. The summed E-state index contributed by atoms with van der Waals surface area (Å²) in [5.74, 6) is -1.49. The molecule has 0 saturated carbocycles. The fourth-order valence-corrected chi connectivity index (χ4v) is 3.27. The van der Waals surface area contributed by atoms with Crippen LogP contribution in [0.2, 0.25) is 0 Å². The van der Waals surface area contributed by atoms with Crippen molar-refractivity contribution in [3.05, 3.63) is 35.9 Å². The monoisotopic (exact) mass is 463 g/mol. The Kier molecular flexibility index (Phi) is 9.50. The third-order valence-corrected chi connectivity index (χ3v) is 4.91. The van der Waals surface area contributed by atoms with E-state index in [0.717, 1.165) is 5.56 Å². The van der Waals surface area contributed by atoms with Gasteiger partial charge in [-0.15, -0.1) is 0 Å². The van der Waals surface area contributed by atoms with Gasteiger partial charge in [-0.2, -0.15) is 0 Å². The number of hydrogen-bond donors (Lipinski definition) is 2. The van der Waals surface area contributed by atoms with Gasteiger partial charge in [0.15, 0.2) is 0 Å². The molecule has 2 N–H and O–H groups in total. The van der Waals surface area contributed by atoms with E-state index >= 15 is 0 Å². The average Bonchev–Trinajstić information content (AvgIpc) is 2.79. The van der Waals surface area contributed by atoms with Crippen LogP contribution in [0.5, 0.6) is 0 Å². The molecule has 33 heavy (non-hydrogen) atoms. The number of esters is 1. The van der Waals surface area contributed by atoms with Crippen LogP contribution in [-0.2, 0) is 30.4 Å². The zero-order valence-electron chi connectivity index (χ0n) is 19.6. The Labute approximate surface area is 193 Å². The van der Waals surface area contributed by atoms with Crippen molar-refractivity contribution in [2.75, 3.05) is 26.7 Å². The van der Waals surface area contributed by atoms with Crippen LogP contribution in [0.3, 0.4) is 0 Å². The Morgan fingerprint density at radius 1 is 1.15 bits per heavy atom. The number of methoxy groups -OCH3 is 1. The van der Waals surface area contributed by atoms with Gasteiger partial charge in [-0.1, -0.05) is 30.3 Å². The maximum Gasteiger partial charge on any atom is 0.410 e. The summed E-state index contributed by atoms with van der Waals surface area (Å²) in [6, 6.07) is 7.97. The molecule has 3 amide bonds. The highest BCUT2D eigenvalue weighted by atomic mass is 16.6. The smallest absolute Gasteiger partial charge is 0.410 e. The van der Waals surface area contributed by atoms with Crippen molar-refractivity contribution in [3.8, 4) is 0 Å². The first-order valence-corrected chi connectivity index (χ1v) is 10.9. The molecule has 0 radical (unpaired) electrons. The lowest BCUT2D eigenvalue weighted by atomic mass is 9.97. The number of hydrogen-bond acceptors (Lipinski definition) is 7. The lowest BCUT2D eigenvalue weighted by Gasteiger charge is -2.33. The van der Waals surface area contributed by atoms with Crippen LogP contribution in [0.4, 0.5) is 9.59 Å². The van der Waals surface area contributed by atoms with Crippen molar-refractivity contribution in [3.63, 3.8) is 0 Å². The molecule has 10 heteroatoms. The highest BCUT2D eigenvalue weighted by Gasteiger charge is 2.32. The van der Waals surface area contributed by atoms with Crippen molar-refractivity contribution in [2.45, 2.75) is 51.9 Å². The predicted octanol–water partition coefficient (Wildman–Crippen LogP) is 2.22. The molecule has 0 bridgehead atoms. The van der Waals surface area contributed by atoms with Crippen molar-refractivity contribution >= 4 is 24.1 Å². The number of rotatable bonds is 7. The summed E-state index contributed by atoms with van der Waals surface area (Å²) in [5.41, 5.74) is 0.170. The first kappa shape index (κ1) is 26.0. The molecule has 1 unspecified atom stereocenters. The molecule has 1 fully saturated rings. The molecule has 182 valence electrons. The number of benzene rings is 1. The quantitative estimate of drug-likeness (QED) is 0.469. The lowest BCUT2D eigenvalue weighted by Crippen LogP contribution is -2.52. The van der Waals surface area contributed by atoms with E-state index in [1.165, 1.54) is 12.0 Å². The number of amides is 3. The highest BCUT2D eigenvalue weighted by Crippen LogP contribution is 2.19. The van der Waals surface area contributed by atoms with E-state index in [1.807, 2.05) is 18.2 Å². The van der Waals surface area contributed by atoms with Gasteiger partial charge in [-0.25, -0.2) is 14.4 Å². The van der Waals surface area contributed by atoms with E-state index < -0.39 is 35.7 Å². The van der Waals surface area contributed by atoms with Crippen LogP contribution in [0, 0.1) is 5.92 Å². The maximum absolute atomic E-state index is 12.7. The fraction of sp³-hybridized carbons (Fsp3) is 0.565. The molecule has 2 rings (SSSR count). The number of alkyl carbamates (subject to hydrolysis) is 1. The topological polar surface area (TPSA) is 123 Å². The van der Waals surface area contributed by atoms with Crippen molar-refractivity contribution < 1.29 is 33.4 Å². The molecule has 1 aromatic carbocycles. The summed E-state index contributed by atoms with van der Waals surface area (Å²) >= 11 is 0. The van der Waals surface area contributed by atoms with Gasteiger partial charge in [-0.05, 0) is 39.2 Å². The lowest BCUT2D eigenvalue weighted by molar-refractivity contribution is -0.143. The minimum absolute atomic E-state index is 0.0372. The number of piperidine rings is 1. The van der Waals surface area contributed by atoms with Crippen molar-refractivity contribution in [2.24, 2.45) is 5.92 Å². The van der Waals surface area contributed by atoms with E-state index in [1.54, 1.807) is 32.9 Å². The van der Waals surface area contributed by atoms with E-state index in [2.05, 4.69) is 10.6 Å². The third kappa shape index (κ3) is 8.99. The molecule has 10 nitrogen and oxygen atoms in total. The van der Waals surface area contributed by atoms with Crippen LogP contribution in [-0.4, -0.2) is 67.3 Å². The zero-order chi connectivity index (χ0) is 24.4. The predicted molar refractivity (Wildman–Crippen MR) is 119 cm³/mol. The van der Waals surface area contributed by atoms with E-state index in [4.69, 9.17) is 14.2 Å². The normalized spacial score (nSPS) is 16.8. The Bertz CT molecular complexity index is 823. The Morgan fingerprint density at radius 3 is 2.48 bits per heavy atom. The van der Waals surface area contributed by atoms with Crippen LogP contribution in [0.15, 0.2) is 30.3 Å².